The van der Waals surface area contributed by atoms with Crippen LogP contribution in [0.5, 0.6) is 5.75 Å². The number of halogens is 1. The Morgan fingerprint density at radius 1 is 1.24 bits per heavy atom. The van der Waals surface area contributed by atoms with E-state index in [1.807, 2.05) is 31.2 Å². The van der Waals surface area contributed by atoms with E-state index in [0.717, 1.165) is 17.7 Å². The van der Waals surface area contributed by atoms with Crippen LogP contribution in [0.15, 0.2) is 47.6 Å². The lowest BCUT2D eigenvalue weighted by molar-refractivity contribution is 0.302. The first kappa shape index (κ1) is 14.8. The summed E-state index contributed by atoms with van der Waals surface area (Å²) < 4.78 is 19.1. The third-order valence-corrected chi connectivity index (χ3v) is 3.19. The van der Waals surface area contributed by atoms with E-state index in [1.165, 1.54) is 12.1 Å². The van der Waals surface area contributed by atoms with E-state index in [0.29, 0.717) is 11.1 Å². The Balaban J connectivity index is 2.24. The van der Waals surface area contributed by atoms with Crippen molar-refractivity contribution in [3.63, 3.8) is 0 Å². The molecule has 0 aromatic heterocycles. The highest BCUT2D eigenvalue weighted by molar-refractivity contribution is 5.98. The minimum Gasteiger partial charge on any atom is -0.489 e. The van der Waals surface area contributed by atoms with Crippen molar-refractivity contribution in [1.29, 1.82) is 0 Å². The van der Waals surface area contributed by atoms with Gasteiger partial charge in [-0.1, -0.05) is 36.3 Å². The molecule has 0 aliphatic carbocycles. The molecule has 0 unspecified atom stereocenters. The molecule has 4 nitrogen and oxygen atoms in total. The van der Waals surface area contributed by atoms with E-state index < -0.39 is 5.82 Å². The molecule has 0 atom stereocenters. The van der Waals surface area contributed by atoms with Crippen molar-refractivity contribution >= 4 is 5.84 Å². The molecule has 0 fully saturated rings. The van der Waals surface area contributed by atoms with Gasteiger partial charge < -0.3 is 15.7 Å². The maximum Gasteiger partial charge on any atom is 0.170 e. The Morgan fingerprint density at radius 3 is 2.71 bits per heavy atom. The molecule has 0 aliphatic rings. The van der Waals surface area contributed by atoms with E-state index in [1.54, 1.807) is 6.07 Å². The van der Waals surface area contributed by atoms with E-state index in [-0.39, 0.29) is 12.4 Å². The van der Waals surface area contributed by atoms with Gasteiger partial charge in [-0.25, -0.2) is 4.39 Å². The van der Waals surface area contributed by atoms with Crippen LogP contribution in [0.1, 0.15) is 23.6 Å². The average Bonchev–Trinajstić information content (AvgIpc) is 2.53. The van der Waals surface area contributed by atoms with Crippen molar-refractivity contribution < 1.29 is 14.3 Å². The van der Waals surface area contributed by atoms with Gasteiger partial charge in [-0.15, -0.1) is 0 Å². The van der Waals surface area contributed by atoms with Crippen LogP contribution < -0.4 is 10.5 Å². The fraction of sp³-hybridized carbons (Fsp3) is 0.188. The highest BCUT2D eigenvalue weighted by Gasteiger charge is 2.10. The lowest BCUT2D eigenvalue weighted by Crippen LogP contribution is -2.17. The van der Waals surface area contributed by atoms with Crippen molar-refractivity contribution in [2.45, 2.75) is 20.0 Å². The van der Waals surface area contributed by atoms with Crippen molar-refractivity contribution in [1.82, 2.24) is 0 Å². The van der Waals surface area contributed by atoms with Gasteiger partial charge in [0.1, 0.15) is 18.2 Å². The van der Waals surface area contributed by atoms with Crippen molar-refractivity contribution in [2.75, 3.05) is 0 Å². The lowest BCUT2D eigenvalue weighted by atomic mass is 10.1. The van der Waals surface area contributed by atoms with Crippen molar-refractivity contribution in [3.8, 4) is 5.75 Å². The van der Waals surface area contributed by atoms with Gasteiger partial charge in [0.15, 0.2) is 5.84 Å². The molecule has 0 bridgehead atoms. The molecule has 2 aromatic carbocycles. The number of nitrogens with zero attached hydrogens (tertiary/aromatic N) is 1. The van der Waals surface area contributed by atoms with Gasteiger partial charge in [-0.2, -0.15) is 0 Å². The molecule has 0 saturated heterocycles. The zero-order chi connectivity index (χ0) is 15.2. The number of hydrogen-bond donors (Lipinski definition) is 2. The Hall–Kier alpha value is -2.56. The number of para-hydroxylation sites is 1. The Morgan fingerprint density at radius 2 is 2.00 bits per heavy atom. The highest BCUT2D eigenvalue weighted by Crippen LogP contribution is 2.21. The molecule has 0 aliphatic heterocycles. The van der Waals surface area contributed by atoms with Gasteiger partial charge in [0.25, 0.3) is 0 Å². The highest BCUT2D eigenvalue weighted by atomic mass is 19.1. The lowest BCUT2D eigenvalue weighted by Gasteiger charge is -2.13. The van der Waals surface area contributed by atoms with Gasteiger partial charge >= 0.3 is 0 Å². The second-order valence-electron chi connectivity index (χ2n) is 4.54. The van der Waals surface area contributed by atoms with Crippen LogP contribution in [-0.2, 0) is 13.0 Å². The van der Waals surface area contributed by atoms with Crippen LogP contribution in [0.2, 0.25) is 0 Å². The fourth-order valence-electron chi connectivity index (χ4n) is 2.06. The Kier molecular flexibility index (Phi) is 4.77. The number of benzene rings is 2. The van der Waals surface area contributed by atoms with Crippen LogP contribution in [0.4, 0.5) is 4.39 Å². The largest absolute Gasteiger partial charge is 0.489 e. The summed E-state index contributed by atoms with van der Waals surface area (Å²) in [6, 6.07) is 11.8. The third-order valence-electron chi connectivity index (χ3n) is 3.19. The van der Waals surface area contributed by atoms with Crippen LogP contribution >= 0.6 is 0 Å². The molecule has 5 heteroatoms. The van der Waals surface area contributed by atoms with Crippen LogP contribution in [-0.4, -0.2) is 11.0 Å². The molecular formula is C16H17FN2O2. The van der Waals surface area contributed by atoms with Crippen molar-refractivity contribution in [3.05, 3.63) is 65.0 Å². The summed E-state index contributed by atoms with van der Waals surface area (Å²) in [5, 5.41) is 11.7. The molecule has 2 aromatic rings. The van der Waals surface area contributed by atoms with Gasteiger partial charge in [0.05, 0.1) is 0 Å². The first-order valence-electron chi connectivity index (χ1n) is 6.62. The second-order valence-corrected chi connectivity index (χ2v) is 4.54. The quantitative estimate of drug-likeness (QED) is 0.384. The maximum absolute atomic E-state index is 13.3. The zero-order valence-corrected chi connectivity index (χ0v) is 11.7. The number of aryl methyl sites for hydroxylation is 1. The first-order chi connectivity index (χ1) is 10.2. The van der Waals surface area contributed by atoms with E-state index in [4.69, 9.17) is 15.7 Å². The number of ether oxygens (including phenoxy) is 1. The molecular weight excluding hydrogens is 271 g/mol. The number of oxime groups is 1. The van der Waals surface area contributed by atoms with Crippen LogP contribution in [0.3, 0.4) is 0 Å². The smallest absolute Gasteiger partial charge is 0.170 e. The fourth-order valence-corrected chi connectivity index (χ4v) is 2.06. The molecule has 0 radical (unpaired) electrons. The number of amidine groups is 1. The molecule has 21 heavy (non-hydrogen) atoms. The molecule has 110 valence electrons. The maximum atomic E-state index is 13.3. The summed E-state index contributed by atoms with van der Waals surface area (Å²) in [6.07, 6.45) is 0.854. The normalized spacial score (nSPS) is 11.4. The molecule has 0 amide bonds. The minimum absolute atomic E-state index is 0.142. The SMILES string of the molecule is CCc1ccccc1OCc1ccc(F)cc1C(N)=NO. The summed E-state index contributed by atoms with van der Waals surface area (Å²) in [5.41, 5.74) is 7.63. The zero-order valence-electron chi connectivity index (χ0n) is 11.7. The molecule has 0 spiro atoms. The van der Waals surface area contributed by atoms with E-state index >= 15 is 0 Å². The summed E-state index contributed by atoms with van der Waals surface area (Å²) in [4.78, 5) is 0. The predicted molar refractivity (Wildman–Crippen MR) is 79.1 cm³/mol. The van der Waals surface area contributed by atoms with Crippen molar-refractivity contribution in [2.24, 2.45) is 10.9 Å². The second kappa shape index (κ2) is 6.74. The number of hydrogen-bond acceptors (Lipinski definition) is 3. The standard InChI is InChI=1S/C16H17FN2O2/c1-2-11-5-3-4-6-15(11)21-10-12-7-8-13(17)9-14(12)16(18)19-20/h3-9,20H,2,10H2,1H3,(H2,18,19). The average molecular weight is 288 g/mol. The topological polar surface area (TPSA) is 67.8 Å². The van der Waals surface area contributed by atoms with Gasteiger partial charge in [0.2, 0.25) is 0 Å². The predicted octanol–water partition coefficient (Wildman–Crippen LogP) is 3.06. The summed E-state index contributed by atoms with van der Waals surface area (Å²) in [6.45, 7) is 2.25. The summed E-state index contributed by atoms with van der Waals surface area (Å²) in [7, 11) is 0. The Labute approximate surface area is 122 Å². The number of nitrogens with two attached hydrogens (primary N) is 1. The third kappa shape index (κ3) is 3.51. The van der Waals surface area contributed by atoms with E-state index in [9.17, 15) is 4.39 Å². The minimum atomic E-state index is -0.450. The molecule has 3 N–H and O–H groups in total. The molecule has 2 rings (SSSR count). The summed E-state index contributed by atoms with van der Waals surface area (Å²) >= 11 is 0. The van der Waals surface area contributed by atoms with E-state index in [2.05, 4.69) is 5.16 Å². The summed E-state index contributed by atoms with van der Waals surface area (Å²) in [5.74, 6) is 0.181. The van der Waals surface area contributed by atoms with Crippen LogP contribution in [0.25, 0.3) is 0 Å². The molecule has 0 heterocycles. The number of rotatable bonds is 5. The first-order valence-corrected chi connectivity index (χ1v) is 6.62. The van der Waals surface area contributed by atoms with Crippen LogP contribution in [0, 0.1) is 5.82 Å². The Bertz CT molecular complexity index is 656. The van der Waals surface area contributed by atoms with Gasteiger partial charge in [0, 0.05) is 11.1 Å². The molecule has 0 saturated carbocycles. The van der Waals surface area contributed by atoms with Gasteiger partial charge in [-0.3, -0.25) is 0 Å². The van der Waals surface area contributed by atoms with Gasteiger partial charge in [-0.05, 0) is 30.2 Å². The monoisotopic (exact) mass is 288 g/mol.